The third-order valence-corrected chi connectivity index (χ3v) is 9.23. The fraction of sp³-hybridized carbons (Fsp3) is 0.960. The molecule has 0 aromatic carbocycles. The molecule has 7 nitrogen and oxygen atoms in total. The molecule has 3 saturated carbocycles. The summed E-state index contributed by atoms with van der Waals surface area (Å²) in [7, 11) is 1.72. The third kappa shape index (κ3) is 4.61. The minimum atomic E-state index is -0.770. The molecule has 0 spiro atoms. The molecule has 186 valence electrons. The fourth-order valence-electron chi connectivity index (χ4n) is 6.94. The minimum Gasteiger partial charge on any atom is -0.394 e. The molecule has 2 bridgehead atoms. The van der Waals surface area contributed by atoms with Crippen LogP contribution in [0.4, 0.5) is 0 Å². The first-order chi connectivity index (χ1) is 15.1. The van der Waals surface area contributed by atoms with Crippen LogP contribution in [-0.2, 0) is 14.4 Å². The Bertz CT molecular complexity index is 638. The van der Waals surface area contributed by atoms with E-state index in [1.165, 1.54) is 6.42 Å². The summed E-state index contributed by atoms with van der Waals surface area (Å²) in [5, 5.41) is 25.5. The van der Waals surface area contributed by atoms with Crippen molar-refractivity contribution in [3.63, 3.8) is 0 Å². The zero-order valence-corrected chi connectivity index (χ0v) is 21.1. The number of aliphatic hydroxyl groups is 2. The number of carbonyl (C=O) groups excluding carboxylic acids is 1. The molecule has 7 heteroatoms. The number of amides is 1. The van der Waals surface area contributed by atoms with Crippen molar-refractivity contribution in [1.29, 1.82) is 0 Å². The molecule has 3 N–H and O–H groups in total. The van der Waals surface area contributed by atoms with Crippen LogP contribution in [0.2, 0.25) is 0 Å². The van der Waals surface area contributed by atoms with Gasteiger partial charge in [0.15, 0.2) is 0 Å². The number of hydrogen-bond acceptors (Lipinski definition) is 6. The van der Waals surface area contributed by atoms with E-state index in [0.29, 0.717) is 29.7 Å². The van der Waals surface area contributed by atoms with Gasteiger partial charge in [-0.05, 0) is 61.7 Å². The number of methoxy groups -OCH3 is 1. The maximum Gasteiger partial charge on any atom is 0.240 e. The summed E-state index contributed by atoms with van der Waals surface area (Å²) in [5.41, 5.74) is 0.358. The molecular formula is C25H46N2O5. The Labute approximate surface area is 194 Å². The first kappa shape index (κ1) is 25.9. The topological polar surface area (TPSA) is 91.3 Å². The molecule has 3 aliphatic carbocycles. The molecule has 32 heavy (non-hydrogen) atoms. The third-order valence-electron chi connectivity index (χ3n) is 9.23. The van der Waals surface area contributed by atoms with Crippen LogP contribution >= 0.6 is 0 Å². The van der Waals surface area contributed by atoms with Gasteiger partial charge in [0.1, 0.15) is 12.1 Å². The number of rotatable bonds is 10. The molecule has 4 aliphatic rings. The number of fused-ring (bicyclic) bond motifs is 2. The Balaban J connectivity index is 1.78. The number of ether oxygens (including phenoxy) is 1. The minimum absolute atomic E-state index is 0.0678. The predicted octanol–water partition coefficient (Wildman–Crippen LogP) is 2.60. The van der Waals surface area contributed by atoms with E-state index in [0.717, 1.165) is 19.3 Å². The lowest BCUT2D eigenvalue weighted by atomic mass is 9.45. The summed E-state index contributed by atoms with van der Waals surface area (Å²) in [6, 6.07) is -0.484. The molecule has 0 aromatic rings. The summed E-state index contributed by atoms with van der Waals surface area (Å²) >= 11 is 0. The van der Waals surface area contributed by atoms with Gasteiger partial charge in [0.05, 0.1) is 18.8 Å². The summed E-state index contributed by atoms with van der Waals surface area (Å²) in [6.07, 6.45) is 2.73. The van der Waals surface area contributed by atoms with E-state index in [1.54, 1.807) is 19.1 Å². The van der Waals surface area contributed by atoms with Gasteiger partial charge < -0.3 is 20.3 Å². The van der Waals surface area contributed by atoms with Gasteiger partial charge in [-0.1, -0.05) is 34.6 Å². The van der Waals surface area contributed by atoms with Gasteiger partial charge in [-0.3, -0.25) is 9.63 Å². The van der Waals surface area contributed by atoms with E-state index in [4.69, 9.17) is 9.57 Å². The maximum atomic E-state index is 13.7. The van der Waals surface area contributed by atoms with Gasteiger partial charge in [0.2, 0.25) is 5.91 Å². The molecular weight excluding hydrogens is 408 g/mol. The van der Waals surface area contributed by atoms with Crippen LogP contribution in [0.5, 0.6) is 0 Å². The highest BCUT2D eigenvalue weighted by Crippen LogP contribution is 2.61. The monoisotopic (exact) mass is 454 g/mol. The van der Waals surface area contributed by atoms with Crippen LogP contribution < -0.4 is 5.32 Å². The second-order valence-electron chi connectivity index (χ2n) is 11.1. The quantitative estimate of drug-likeness (QED) is 0.470. The Kier molecular flexibility index (Phi) is 8.30. The van der Waals surface area contributed by atoms with Crippen LogP contribution in [0.3, 0.4) is 0 Å². The molecule has 1 heterocycles. The van der Waals surface area contributed by atoms with Crippen molar-refractivity contribution in [2.75, 3.05) is 20.3 Å². The number of nitrogens with one attached hydrogen (secondary N) is 1. The fourth-order valence-corrected chi connectivity index (χ4v) is 6.94. The molecule has 0 radical (unpaired) electrons. The molecule has 0 aromatic heterocycles. The average Bonchev–Trinajstić information content (AvgIpc) is 3.13. The largest absolute Gasteiger partial charge is 0.394 e. The zero-order chi connectivity index (χ0) is 23.8. The Morgan fingerprint density at radius 2 is 1.97 bits per heavy atom. The van der Waals surface area contributed by atoms with E-state index in [1.807, 2.05) is 0 Å². The normalized spacial score (nSPS) is 39.2. The van der Waals surface area contributed by atoms with Gasteiger partial charge in [-0.15, -0.1) is 0 Å². The molecule has 1 amide bonds. The van der Waals surface area contributed by atoms with E-state index in [-0.39, 0.29) is 30.6 Å². The number of hydrogen-bond donors (Lipinski definition) is 3. The molecule has 4 rings (SSSR count). The summed E-state index contributed by atoms with van der Waals surface area (Å²) in [5.74, 6) is 1.33. The van der Waals surface area contributed by atoms with Gasteiger partial charge in [-0.25, -0.2) is 0 Å². The highest BCUT2D eigenvalue weighted by molar-refractivity contribution is 5.82. The smallest absolute Gasteiger partial charge is 0.240 e. The van der Waals surface area contributed by atoms with E-state index in [2.05, 4.69) is 39.9 Å². The van der Waals surface area contributed by atoms with Gasteiger partial charge in [-0.2, -0.15) is 5.06 Å². The molecule has 1 saturated heterocycles. The van der Waals surface area contributed by atoms with E-state index in [9.17, 15) is 15.0 Å². The second kappa shape index (κ2) is 10.3. The summed E-state index contributed by atoms with van der Waals surface area (Å²) in [4.78, 5) is 19.7. The molecule has 4 fully saturated rings. The van der Waals surface area contributed by atoms with Crippen molar-refractivity contribution in [3.05, 3.63) is 0 Å². The van der Waals surface area contributed by atoms with Crippen molar-refractivity contribution in [2.24, 2.45) is 35.0 Å². The van der Waals surface area contributed by atoms with Crippen molar-refractivity contribution >= 4 is 5.91 Å². The molecule has 10 atom stereocenters. The van der Waals surface area contributed by atoms with Crippen molar-refractivity contribution in [2.45, 2.75) is 97.6 Å². The Morgan fingerprint density at radius 1 is 1.28 bits per heavy atom. The standard InChI is InChI=1S/C25H46N2O5/c1-8-16(20(9-2)31-7)12-27-23(22(15(4)29)21(13-28)32-27)24(30)26-19-11-17-10-18(14(19)3)25(17,5)6/h14-23,28-29H,8-13H2,1-7H3,(H,26,30)/t14-,15-,16?,17+,18-,19-,20?,21-,22-,23-/m0/s1. The number of hydroxylamine groups is 2. The van der Waals surface area contributed by atoms with E-state index < -0.39 is 24.2 Å². The highest BCUT2D eigenvalue weighted by atomic mass is 16.7. The van der Waals surface area contributed by atoms with Gasteiger partial charge in [0, 0.05) is 25.6 Å². The number of aliphatic hydroxyl groups excluding tert-OH is 2. The second-order valence-corrected chi connectivity index (χ2v) is 11.1. The van der Waals surface area contributed by atoms with Gasteiger partial charge in [0.25, 0.3) is 0 Å². The Morgan fingerprint density at radius 3 is 2.44 bits per heavy atom. The van der Waals surface area contributed by atoms with Crippen LogP contribution in [0.25, 0.3) is 0 Å². The average molecular weight is 455 g/mol. The van der Waals surface area contributed by atoms with Gasteiger partial charge >= 0.3 is 0 Å². The maximum absolute atomic E-state index is 13.7. The first-order valence-corrected chi connectivity index (χ1v) is 12.7. The van der Waals surface area contributed by atoms with Crippen molar-refractivity contribution in [1.82, 2.24) is 10.4 Å². The number of carbonyl (C=O) groups is 1. The van der Waals surface area contributed by atoms with Crippen molar-refractivity contribution in [3.8, 4) is 0 Å². The lowest BCUT2D eigenvalue weighted by Gasteiger charge is -2.62. The lowest BCUT2D eigenvalue weighted by Crippen LogP contribution is -2.62. The molecule has 2 unspecified atom stereocenters. The van der Waals surface area contributed by atoms with E-state index >= 15 is 0 Å². The van der Waals surface area contributed by atoms with Crippen LogP contribution in [0, 0.1) is 35.0 Å². The number of nitrogens with zero attached hydrogens (tertiary/aromatic N) is 1. The first-order valence-electron chi connectivity index (χ1n) is 12.7. The Hall–Kier alpha value is -0.730. The summed E-state index contributed by atoms with van der Waals surface area (Å²) < 4.78 is 5.68. The molecule has 1 aliphatic heterocycles. The SMILES string of the molecule is CCC(CN1O[C@@H](CO)[C@H]([C@H](C)O)[C@H]1C(=O)N[C@H]1C[C@H]2C[C@@H]([C@@H]1C)C2(C)C)C(CC)OC. The summed E-state index contributed by atoms with van der Waals surface area (Å²) in [6.45, 7) is 13.2. The van der Waals surface area contributed by atoms with Crippen molar-refractivity contribution < 1.29 is 24.6 Å². The zero-order valence-electron chi connectivity index (χ0n) is 21.1. The lowest BCUT2D eigenvalue weighted by molar-refractivity contribution is -0.188. The predicted molar refractivity (Wildman–Crippen MR) is 124 cm³/mol. The van der Waals surface area contributed by atoms with Crippen LogP contribution in [0.1, 0.15) is 67.2 Å². The van der Waals surface area contributed by atoms with Crippen LogP contribution in [0.15, 0.2) is 0 Å². The highest BCUT2D eigenvalue weighted by Gasteiger charge is 2.57. The van der Waals surface area contributed by atoms with Crippen LogP contribution in [-0.4, -0.2) is 71.8 Å².